The normalized spacial score (nSPS) is 10.6. The number of benzene rings is 2. The van der Waals surface area contributed by atoms with Crippen molar-refractivity contribution < 1.29 is 24.1 Å². The Balaban J connectivity index is 2.15. The van der Waals surface area contributed by atoms with Gasteiger partial charge in [0, 0.05) is 5.56 Å². The van der Waals surface area contributed by atoms with Gasteiger partial charge in [0.15, 0.2) is 17.2 Å². The van der Waals surface area contributed by atoms with Gasteiger partial charge in [-0.15, -0.1) is 0 Å². The van der Waals surface area contributed by atoms with E-state index in [-0.39, 0.29) is 11.1 Å². The lowest BCUT2D eigenvalue weighted by Gasteiger charge is -2.10. The van der Waals surface area contributed by atoms with Crippen molar-refractivity contribution in [2.45, 2.75) is 0 Å². The van der Waals surface area contributed by atoms with Gasteiger partial charge < -0.3 is 19.3 Å². The Morgan fingerprint density at radius 3 is 2.28 bits per heavy atom. The number of aromatic nitrogens is 2. The molecule has 0 aliphatic heterocycles. The van der Waals surface area contributed by atoms with Crippen molar-refractivity contribution in [2.75, 3.05) is 21.3 Å². The summed E-state index contributed by atoms with van der Waals surface area (Å²) < 4.78 is 16.4. The highest BCUT2D eigenvalue weighted by Crippen LogP contribution is 2.28. The second-order valence-corrected chi connectivity index (χ2v) is 6.42. The zero-order valence-corrected chi connectivity index (χ0v) is 17.5. The van der Waals surface area contributed by atoms with Crippen LogP contribution in [-0.2, 0) is 0 Å². The highest BCUT2D eigenvalue weighted by molar-refractivity contribution is 5.92. The number of ether oxygens (including phenoxy) is 3. The summed E-state index contributed by atoms with van der Waals surface area (Å²) in [4.78, 5) is 24.8. The molecule has 1 aromatic heterocycles. The Hall–Kier alpha value is -4.58. The van der Waals surface area contributed by atoms with E-state index in [1.54, 1.807) is 48.5 Å². The smallest absolute Gasteiger partial charge is 0.357 e. The summed E-state index contributed by atoms with van der Waals surface area (Å²) in [6, 6.07) is 13.2. The van der Waals surface area contributed by atoms with E-state index < -0.39 is 17.2 Å². The number of carboxylic acids is 1. The summed E-state index contributed by atoms with van der Waals surface area (Å²) in [5.74, 6) is 0.171. The van der Waals surface area contributed by atoms with Crippen LogP contribution in [0, 0.1) is 11.3 Å². The summed E-state index contributed by atoms with van der Waals surface area (Å²) in [6.45, 7) is 0. The summed E-state index contributed by atoms with van der Waals surface area (Å²) in [6.07, 6.45) is 2.93. The predicted molar refractivity (Wildman–Crippen MR) is 117 cm³/mol. The van der Waals surface area contributed by atoms with Crippen molar-refractivity contribution in [2.24, 2.45) is 0 Å². The minimum Gasteiger partial charge on any atom is -0.497 e. The second kappa shape index (κ2) is 9.49. The zero-order valence-electron chi connectivity index (χ0n) is 17.5. The molecule has 162 valence electrons. The van der Waals surface area contributed by atoms with Crippen molar-refractivity contribution in [3.63, 3.8) is 0 Å². The molecule has 3 aromatic rings. The monoisotopic (exact) mass is 433 g/mol. The fourth-order valence-corrected chi connectivity index (χ4v) is 3.00. The van der Waals surface area contributed by atoms with Crippen molar-refractivity contribution in [3.05, 3.63) is 75.2 Å². The molecule has 9 heteroatoms. The van der Waals surface area contributed by atoms with Crippen LogP contribution in [0.1, 0.15) is 27.2 Å². The van der Waals surface area contributed by atoms with Gasteiger partial charge in [0.25, 0.3) is 5.56 Å². The molecule has 0 amide bonds. The van der Waals surface area contributed by atoms with E-state index in [1.807, 2.05) is 6.07 Å². The van der Waals surface area contributed by atoms with E-state index in [9.17, 15) is 20.0 Å². The molecule has 0 radical (unpaired) electrons. The number of carboxylic acid groups (broad SMARTS) is 1. The number of carbonyl (C=O) groups is 1. The van der Waals surface area contributed by atoms with Crippen molar-refractivity contribution in [3.8, 4) is 29.0 Å². The third kappa shape index (κ3) is 4.29. The van der Waals surface area contributed by atoms with Gasteiger partial charge in [0.1, 0.15) is 17.4 Å². The first-order valence-electron chi connectivity index (χ1n) is 9.28. The van der Waals surface area contributed by atoms with E-state index in [4.69, 9.17) is 14.2 Å². The van der Waals surface area contributed by atoms with Crippen LogP contribution in [-0.4, -0.2) is 42.2 Å². The van der Waals surface area contributed by atoms with E-state index in [1.165, 1.54) is 27.4 Å². The van der Waals surface area contributed by atoms with Gasteiger partial charge in [-0.05, 0) is 42.0 Å². The van der Waals surface area contributed by atoms with E-state index in [2.05, 4.69) is 5.10 Å². The van der Waals surface area contributed by atoms with Crippen molar-refractivity contribution >= 4 is 18.1 Å². The fourth-order valence-electron chi connectivity index (χ4n) is 3.00. The largest absolute Gasteiger partial charge is 0.497 e. The first kappa shape index (κ1) is 22.1. The lowest BCUT2D eigenvalue weighted by atomic mass is 10.1. The van der Waals surface area contributed by atoms with Crippen molar-refractivity contribution in [1.82, 2.24) is 9.78 Å². The van der Waals surface area contributed by atoms with Crippen LogP contribution in [0.5, 0.6) is 17.2 Å². The van der Waals surface area contributed by atoms with Gasteiger partial charge in [-0.1, -0.05) is 18.2 Å². The topological polar surface area (TPSA) is 124 Å². The second-order valence-electron chi connectivity index (χ2n) is 6.42. The van der Waals surface area contributed by atoms with Gasteiger partial charge >= 0.3 is 5.97 Å². The van der Waals surface area contributed by atoms with Crippen LogP contribution in [0.25, 0.3) is 17.8 Å². The minimum absolute atomic E-state index is 0.0930. The number of hydrogen-bond donors (Lipinski definition) is 1. The van der Waals surface area contributed by atoms with Gasteiger partial charge in [-0.3, -0.25) is 4.79 Å². The standard InChI is InChI=1S/C23H19N3O6/c1-30-16-8-6-15(7-9-16)26-22(27)18(13-24)17(21(25-26)23(28)29)10-4-14-5-11-19(31-2)20(12-14)32-3/h4-12H,1-3H3,(H,28,29)/b10-4-. The summed E-state index contributed by atoms with van der Waals surface area (Å²) in [5, 5.41) is 23.3. The molecule has 32 heavy (non-hydrogen) atoms. The summed E-state index contributed by atoms with van der Waals surface area (Å²) in [5.41, 5.74) is -0.676. The molecule has 9 nitrogen and oxygen atoms in total. The average Bonchev–Trinajstić information content (AvgIpc) is 2.82. The number of hydrogen-bond acceptors (Lipinski definition) is 7. The number of methoxy groups -OCH3 is 3. The first-order chi connectivity index (χ1) is 15.4. The summed E-state index contributed by atoms with van der Waals surface area (Å²) in [7, 11) is 4.49. The number of nitrogens with zero attached hydrogens (tertiary/aromatic N) is 3. The van der Waals surface area contributed by atoms with Crippen molar-refractivity contribution in [1.29, 1.82) is 5.26 Å². The maximum Gasteiger partial charge on any atom is 0.357 e. The van der Waals surface area contributed by atoms with E-state index in [0.717, 1.165) is 4.68 Å². The Morgan fingerprint density at radius 2 is 1.72 bits per heavy atom. The predicted octanol–water partition coefficient (Wildman–Crippen LogP) is 3.00. The molecule has 0 spiro atoms. The number of rotatable bonds is 7. The molecule has 0 fully saturated rings. The molecular formula is C23H19N3O6. The lowest BCUT2D eigenvalue weighted by molar-refractivity contribution is 0.0688. The van der Waals surface area contributed by atoms with Crippen LogP contribution < -0.4 is 19.8 Å². The maximum atomic E-state index is 12.9. The molecular weight excluding hydrogens is 414 g/mol. The molecule has 3 rings (SSSR count). The molecule has 0 bridgehead atoms. The molecule has 0 unspecified atom stereocenters. The zero-order chi connectivity index (χ0) is 23.3. The molecule has 0 aliphatic carbocycles. The molecule has 1 heterocycles. The maximum absolute atomic E-state index is 12.9. The summed E-state index contributed by atoms with van der Waals surface area (Å²) >= 11 is 0. The molecule has 2 aromatic carbocycles. The Morgan fingerprint density at radius 1 is 1.03 bits per heavy atom. The number of nitriles is 1. The van der Waals surface area contributed by atoms with Gasteiger partial charge in [0.2, 0.25) is 0 Å². The van der Waals surface area contributed by atoms with Crippen LogP contribution in [0.15, 0.2) is 47.3 Å². The highest BCUT2D eigenvalue weighted by Gasteiger charge is 2.21. The van der Waals surface area contributed by atoms with Crippen LogP contribution >= 0.6 is 0 Å². The van der Waals surface area contributed by atoms with Crippen LogP contribution in [0.4, 0.5) is 0 Å². The molecule has 1 N–H and O–H groups in total. The molecule has 0 saturated carbocycles. The Labute approximate surface area is 183 Å². The average molecular weight is 433 g/mol. The Kier molecular flexibility index (Phi) is 6.56. The van der Waals surface area contributed by atoms with Gasteiger partial charge in [-0.2, -0.15) is 15.0 Å². The van der Waals surface area contributed by atoms with Gasteiger partial charge in [0.05, 0.1) is 27.0 Å². The van der Waals surface area contributed by atoms with E-state index in [0.29, 0.717) is 28.5 Å². The quantitative estimate of drug-likeness (QED) is 0.603. The van der Waals surface area contributed by atoms with Gasteiger partial charge in [-0.25, -0.2) is 4.79 Å². The molecule has 0 atom stereocenters. The third-order valence-electron chi connectivity index (χ3n) is 4.61. The molecule has 0 aliphatic rings. The van der Waals surface area contributed by atoms with Crippen LogP contribution in [0.3, 0.4) is 0 Å². The highest BCUT2D eigenvalue weighted by atomic mass is 16.5. The third-order valence-corrected chi connectivity index (χ3v) is 4.61. The van der Waals surface area contributed by atoms with Crippen LogP contribution in [0.2, 0.25) is 0 Å². The number of aromatic carboxylic acids is 1. The SMILES string of the molecule is COc1ccc(-n2nc(C(=O)O)c(/C=C\c3ccc(OC)c(OC)c3)c(C#N)c2=O)cc1. The Bertz CT molecular complexity index is 1290. The molecule has 0 saturated heterocycles. The van der Waals surface area contributed by atoms with E-state index >= 15 is 0 Å². The fraction of sp³-hybridized carbons (Fsp3) is 0.130. The lowest BCUT2D eigenvalue weighted by Crippen LogP contribution is -2.28. The minimum atomic E-state index is -1.38. The first-order valence-corrected chi connectivity index (χ1v) is 9.28.